The Morgan fingerprint density at radius 2 is 0.709 bits per heavy atom. The molecule has 7 heterocycles. The Hall–Kier alpha value is -4.34. The minimum absolute atomic E-state index is 0.0368. The van der Waals surface area contributed by atoms with E-state index < -0.39 is 5.79 Å². The van der Waals surface area contributed by atoms with Crippen molar-refractivity contribution in [3.8, 4) is 0 Å². The fraction of sp³-hybridized carbons (Fsp3) is 0.548. The summed E-state index contributed by atoms with van der Waals surface area (Å²) in [5.41, 5.74) is 21.4. The summed E-state index contributed by atoms with van der Waals surface area (Å²) in [5, 5.41) is 0. The summed E-state index contributed by atoms with van der Waals surface area (Å²) in [6, 6.07) is 20.6. The maximum absolute atomic E-state index is 13.4. The van der Waals surface area contributed by atoms with E-state index in [9.17, 15) is 19.2 Å². The number of ketones is 1. The van der Waals surface area contributed by atoms with Crippen molar-refractivity contribution in [3.05, 3.63) is 184 Å². The quantitative estimate of drug-likeness (QED) is 0.159. The largest absolute Gasteiger partial charge is 0.348 e. The lowest BCUT2D eigenvalue weighted by Gasteiger charge is -2.40. The third-order valence-electron chi connectivity index (χ3n) is 24.8. The monoisotopic (exact) mass is 1770 g/mol. The lowest BCUT2D eigenvalue weighted by atomic mass is 9.76. The van der Waals surface area contributed by atoms with Gasteiger partial charge in [0.1, 0.15) is 5.78 Å². The van der Waals surface area contributed by atoms with Gasteiger partial charge in [-0.2, -0.15) is 0 Å². The average molecular weight is 1780 g/mol. The standard InChI is InChI=1S/C29H34Br2N2O3.C28H33Br2N3O.C27H30Br2N2O2/c1-18-14-21-2-3-22-16-23(30)17-32-27(22)26(25(21)24(31)15-18)19-6-10-33(11-7-19)28(34)20-4-8-29(9-5-20)35-12-13-36-29;1-17-13-20-3-4-21-15-22(29)16-32-27(21)26(25(20)24(30)14-17)18-9-11-33(12-10-18)28(34)19-5-7-23(31-2)8-6-19;1-16-12-19-2-3-20-14-21(28)15-30-26(20)25(24(19)23(29)13-16)17-8-10-31(11-9-17)27(33)18-4-6-22(32)7-5-18/h14-17,19-20,26H,2-13H2,1H3;13-16,18-19,26H,3-12H2,1-2H3;12-15,17-18,25H,2-11H2,1H3/t26-;19?,26-;25-/m111/s1. The summed E-state index contributed by atoms with van der Waals surface area (Å²) in [6.07, 6.45) is 27.9. The molecule has 19 heteroatoms. The van der Waals surface area contributed by atoms with Crippen molar-refractivity contribution in [2.75, 3.05) is 59.5 Å². The molecule has 4 saturated heterocycles. The Morgan fingerprint density at radius 3 is 1.03 bits per heavy atom. The number of amides is 3. The second-order valence-electron chi connectivity index (χ2n) is 31.2. The number of hydrogen-bond donors (Lipinski definition) is 0. The molecule has 16 rings (SSSR count). The van der Waals surface area contributed by atoms with Crippen LogP contribution in [-0.4, -0.2) is 124 Å². The van der Waals surface area contributed by atoms with Crippen LogP contribution in [0.15, 0.2) is 105 Å². The molecule has 1 spiro atoms. The van der Waals surface area contributed by atoms with Gasteiger partial charge in [0.25, 0.3) is 0 Å². The lowest BCUT2D eigenvalue weighted by molar-refractivity contribution is -0.185. The average Bonchev–Trinajstić information content (AvgIpc) is 1.72. The molecule has 13 nitrogen and oxygen atoms in total. The van der Waals surface area contributed by atoms with Crippen molar-refractivity contribution >= 4 is 125 Å². The van der Waals surface area contributed by atoms with Crippen molar-refractivity contribution in [2.45, 2.75) is 198 Å². The van der Waals surface area contributed by atoms with Gasteiger partial charge in [-0.3, -0.25) is 39.1 Å². The normalized spacial score (nSPS) is 23.2. The Morgan fingerprint density at radius 1 is 0.408 bits per heavy atom. The SMILES string of the molecule is CN=C1CCC(C(=O)N2CCC([C@H]3c4ncc(Br)cc4CCc4cc(C)cc(Br)c43)CC2)CC1.Cc1cc(Br)c2c(c1)CCc1cc(Br)cnc1[C@@H]2C1CCN(C(=O)C2CCC(=O)CC2)CC1.Cc1cc(Br)c2c(c1)CCc1cc(Br)cnc1[C@@H]2C1CCN(C(=O)C2CCC3(CC2)OCCO3)CC1. The first kappa shape index (κ1) is 75.5. The third kappa shape index (κ3) is 16.8. The number of aryl methyl sites for hydroxylation is 9. The molecule has 0 bridgehead atoms. The molecule has 4 aliphatic heterocycles. The molecule has 3 amide bonds. The van der Waals surface area contributed by atoms with E-state index in [1.54, 1.807) is 0 Å². The molecule has 10 aliphatic rings. The highest BCUT2D eigenvalue weighted by atomic mass is 79.9. The van der Waals surface area contributed by atoms with Crippen LogP contribution < -0.4 is 0 Å². The zero-order chi connectivity index (χ0) is 71.8. The van der Waals surface area contributed by atoms with Crippen LogP contribution >= 0.6 is 95.6 Å². The number of benzene rings is 3. The Bertz CT molecular complexity index is 4180. The number of Topliss-reactive ketones (excluding diaryl/α,β-unsaturated/α-hetero) is 1. The van der Waals surface area contributed by atoms with Crippen molar-refractivity contribution in [1.82, 2.24) is 29.7 Å². The van der Waals surface area contributed by atoms with E-state index in [2.05, 4.69) is 191 Å². The molecular weight excluding hydrogens is 1680 g/mol. The van der Waals surface area contributed by atoms with Gasteiger partial charge in [0.05, 0.1) is 30.3 Å². The minimum Gasteiger partial charge on any atom is -0.348 e. The van der Waals surface area contributed by atoms with Crippen molar-refractivity contribution in [2.24, 2.45) is 40.5 Å². The van der Waals surface area contributed by atoms with Gasteiger partial charge < -0.3 is 24.2 Å². The predicted molar refractivity (Wildman–Crippen MR) is 427 cm³/mol. The van der Waals surface area contributed by atoms with Crippen LogP contribution in [0.25, 0.3) is 0 Å². The fourth-order valence-corrected chi connectivity index (χ4v) is 23.2. The molecule has 103 heavy (non-hydrogen) atoms. The van der Waals surface area contributed by atoms with Crippen molar-refractivity contribution < 1.29 is 28.7 Å². The van der Waals surface area contributed by atoms with Crippen LogP contribution in [0.2, 0.25) is 0 Å². The van der Waals surface area contributed by atoms with E-state index in [4.69, 9.17) is 24.4 Å². The smallest absolute Gasteiger partial charge is 0.225 e. The van der Waals surface area contributed by atoms with Crippen LogP contribution in [0.4, 0.5) is 0 Å². The van der Waals surface area contributed by atoms with Gasteiger partial charge in [-0.15, -0.1) is 0 Å². The molecule has 3 aromatic heterocycles. The second kappa shape index (κ2) is 33.2. The summed E-state index contributed by atoms with van der Waals surface area (Å²) >= 11 is 22.7. The summed E-state index contributed by atoms with van der Waals surface area (Å²) in [5.74, 6) is 3.36. The first-order chi connectivity index (χ1) is 49.8. The fourth-order valence-electron chi connectivity index (χ4n) is 19.5. The molecule has 6 aliphatic carbocycles. The van der Waals surface area contributed by atoms with Crippen LogP contribution in [0.3, 0.4) is 0 Å². The minimum atomic E-state index is -0.405. The van der Waals surface area contributed by atoms with Crippen LogP contribution in [-0.2, 0) is 67.2 Å². The number of aliphatic imine (C=N–C) groups is 1. The van der Waals surface area contributed by atoms with Crippen molar-refractivity contribution in [3.63, 3.8) is 0 Å². The molecule has 0 radical (unpaired) electrons. The Kier molecular flexibility index (Phi) is 24.4. The molecule has 546 valence electrons. The van der Waals surface area contributed by atoms with E-state index >= 15 is 0 Å². The molecule has 0 N–H and O–H groups in total. The number of rotatable bonds is 6. The number of hydrogen-bond acceptors (Lipinski definition) is 10. The van der Waals surface area contributed by atoms with Crippen LogP contribution in [0, 0.1) is 56.3 Å². The number of piperidine rings is 3. The summed E-state index contributed by atoms with van der Waals surface area (Å²) in [7, 11) is 1.87. The first-order valence-electron chi connectivity index (χ1n) is 38.2. The number of likely N-dealkylation sites (tertiary alicyclic amines) is 3. The highest BCUT2D eigenvalue weighted by molar-refractivity contribution is 9.11. The molecule has 3 aromatic carbocycles. The van der Waals surface area contributed by atoms with Gasteiger partial charge >= 0.3 is 0 Å². The number of fused-ring (bicyclic) bond motifs is 6. The number of pyridine rings is 3. The third-order valence-corrected chi connectivity index (χ3v) is 28.1. The topological polar surface area (TPSA) is 147 Å². The zero-order valence-electron chi connectivity index (χ0n) is 60.1. The van der Waals surface area contributed by atoms with E-state index in [1.165, 1.54) is 103 Å². The number of aromatic nitrogens is 3. The molecule has 3 saturated carbocycles. The molecule has 6 aromatic rings. The second-order valence-corrected chi connectivity index (χ2v) is 36.5. The number of ether oxygens (including phenoxy) is 2. The summed E-state index contributed by atoms with van der Waals surface area (Å²) in [6.45, 7) is 12.9. The van der Waals surface area contributed by atoms with Gasteiger partial charge in [0.2, 0.25) is 17.7 Å². The number of nitrogens with zero attached hydrogens (tertiary/aromatic N) is 7. The Balaban J connectivity index is 0.000000131. The van der Waals surface area contributed by atoms with E-state index in [1.807, 2.05) is 25.6 Å². The first-order valence-corrected chi connectivity index (χ1v) is 42.9. The summed E-state index contributed by atoms with van der Waals surface area (Å²) in [4.78, 5) is 77.0. The van der Waals surface area contributed by atoms with E-state index in [-0.39, 0.29) is 41.4 Å². The lowest BCUT2D eigenvalue weighted by Crippen LogP contribution is -2.45. The number of carbonyl (C=O) groups excluding carboxylic acids is 4. The van der Waals surface area contributed by atoms with Crippen molar-refractivity contribution in [1.29, 1.82) is 0 Å². The maximum atomic E-state index is 13.4. The molecule has 0 unspecified atom stereocenters. The molecular formula is C84H97Br6N7O6. The van der Waals surface area contributed by atoms with Gasteiger partial charge in [-0.1, -0.05) is 66.0 Å². The van der Waals surface area contributed by atoms with E-state index in [0.717, 1.165) is 194 Å². The van der Waals surface area contributed by atoms with Crippen LogP contribution in [0.5, 0.6) is 0 Å². The number of halogens is 6. The van der Waals surface area contributed by atoms with Gasteiger partial charge in [-0.05, 0) is 318 Å². The molecule has 3 atom stereocenters. The highest BCUT2D eigenvalue weighted by Gasteiger charge is 2.45. The van der Waals surface area contributed by atoms with Crippen LogP contribution in [0.1, 0.15) is 217 Å². The maximum Gasteiger partial charge on any atom is 0.225 e. The predicted octanol–water partition coefficient (Wildman–Crippen LogP) is 19.1. The van der Waals surface area contributed by atoms with Gasteiger partial charge in [-0.25, -0.2) is 0 Å². The zero-order valence-corrected chi connectivity index (χ0v) is 69.6. The Labute approximate surface area is 659 Å². The number of carbonyl (C=O) groups is 4. The van der Waals surface area contributed by atoms with E-state index in [0.29, 0.717) is 61.4 Å². The van der Waals surface area contributed by atoms with Gasteiger partial charge in [0.15, 0.2) is 5.79 Å². The molecule has 7 fully saturated rings. The van der Waals surface area contributed by atoms with Gasteiger partial charge in [0, 0.05) is 159 Å². The highest BCUT2D eigenvalue weighted by Crippen LogP contribution is 2.51. The summed E-state index contributed by atoms with van der Waals surface area (Å²) < 4.78 is 18.5.